The predicted octanol–water partition coefficient (Wildman–Crippen LogP) is 1.64. The molecule has 0 bridgehead atoms. The van der Waals surface area contributed by atoms with E-state index in [4.69, 9.17) is 9.84 Å². The van der Waals surface area contributed by atoms with Crippen LogP contribution in [0.15, 0.2) is 12.2 Å². The molecule has 6 nitrogen and oxygen atoms in total. The highest BCUT2D eigenvalue weighted by atomic mass is 16.6. The number of carbonyl (C=O) groups excluding carboxylic acids is 1. The fraction of sp³-hybridized carbons (Fsp3) is 0.714. The molecule has 1 saturated heterocycles. The molecule has 1 fully saturated rings. The second-order valence-electron chi connectivity index (χ2n) is 4.81. The van der Waals surface area contributed by atoms with Crippen molar-refractivity contribution in [1.29, 1.82) is 0 Å². The van der Waals surface area contributed by atoms with Crippen LogP contribution in [0.4, 0.5) is 4.79 Å². The molecule has 0 radical (unpaired) electrons. The molecule has 0 spiro atoms. The summed E-state index contributed by atoms with van der Waals surface area (Å²) in [5.41, 5.74) is -1.22. The number of hydrogen-bond donors (Lipinski definition) is 2. The number of nitrogens with zero attached hydrogens (tertiary/aromatic N) is 1. The summed E-state index contributed by atoms with van der Waals surface area (Å²) < 4.78 is 4.97. The van der Waals surface area contributed by atoms with Crippen LogP contribution in [0, 0.1) is 5.92 Å². The first-order valence-electron chi connectivity index (χ1n) is 6.98. The monoisotopic (exact) mass is 285 g/mol. The van der Waals surface area contributed by atoms with Gasteiger partial charge in [0.25, 0.3) is 0 Å². The van der Waals surface area contributed by atoms with Crippen molar-refractivity contribution in [1.82, 2.24) is 4.90 Å². The van der Waals surface area contributed by atoms with Gasteiger partial charge in [0.1, 0.15) is 5.54 Å². The number of aliphatic carboxylic acids is 1. The Hall–Kier alpha value is -1.56. The number of ether oxygens (including phenoxy) is 1. The van der Waals surface area contributed by atoms with E-state index in [2.05, 4.69) is 0 Å². The lowest BCUT2D eigenvalue weighted by molar-refractivity contribution is -0.151. The van der Waals surface area contributed by atoms with Gasteiger partial charge in [-0.3, -0.25) is 4.90 Å². The van der Waals surface area contributed by atoms with E-state index in [0.29, 0.717) is 25.8 Å². The number of hydrogen-bond acceptors (Lipinski definition) is 4. The normalized spacial score (nSPS) is 26.1. The van der Waals surface area contributed by atoms with Crippen LogP contribution in [-0.4, -0.2) is 52.5 Å². The second-order valence-corrected chi connectivity index (χ2v) is 4.81. The molecular weight excluding hydrogens is 262 g/mol. The molecule has 2 unspecified atom stereocenters. The molecule has 1 heterocycles. The van der Waals surface area contributed by atoms with Gasteiger partial charge in [0.05, 0.1) is 13.2 Å². The predicted molar refractivity (Wildman–Crippen MR) is 73.3 cm³/mol. The van der Waals surface area contributed by atoms with Gasteiger partial charge in [0.15, 0.2) is 0 Å². The summed E-state index contributed by atoms with van der Waals surface area (Å²) in [6, 6.07) is 0. The average molecular weight is 285 g/mol. The maximum Gasteiger partial charge on any atom is 0.410 e. The Labute approximate surface area is 119 Å². The maximum atomic E-state index is 12.0. The van der Waals surface area contributed by atoms with Crippen molar-refractivity contribution in [2.45, 2.75) is 38.6 Å². The molecule has 0 aliphatic carbocycles. The standard InChI is InChI=1S/C14H23NO5/c1-3-14(12(17)18)11(7-5-6-10-16)8-9-15(14)13(19)20-4-2/h5-6,11,16H,3-4,7-10H2,1-2H3,(H,17,18). The van der Waals surface area contributed by atoms with Crippen molar-refractivity contribution in [3.05, 3.63) is 12.2 Å². The summed E-state index contributed by atoms with van der Waals surface area (Å²) in [5, 5.41) is 18.4. The minimum Gasteiger partial charge on any atom is -0.479 e. The molecule has 0 aromatic rings. The molecule has 0 aromatic heterocycles. The summed E-state index contributed by atoms with van der Waals surface area (Å²) in [7, 11) is 0. The molecule has 2 atom stereocenters. The van der Waals surface area contributed by atoms with Crippen molar-refractivity contribution < 1.29 is 24.5 Å². The number of likely N-dealkylation sites (tertiary alicyclic amines) is 1. The van der Waals surface area contributed by atoms with Gasteiger partial charge in [-0.15, -0.1) is 0 Å². The van der Waals surface area contributed by atoms with Crippen molar-refractivity contribution in [2.75, 3.05) is 19.8 Å². The highest BCUT2D eigenvalue weighted by Gasteiger charge is 2.55. The number of aliphatic hydroxyl groups excluding tert-OH is 1. The largest absolute Gasteiger partial charge is 0.479 e. The molecule has 1 rings (SSSR count). The quantitative estimate of drug-likeness (QED) is 0.724. The zero-order chi connectivity index (χ0) is 15.2. The Balaban J connectivity index is 3.01. The van der Waals surface area contributed by atoms with Crippen LogP contribution in [0.3, 0.4) is 0 Å². The van der Waals surface area contributed by atoms with E-state index in [0.717, 1.165) is 0 Å². The molecule has 0 saturated carbocycles. The van der Waals surface area contributed by atoms with Gasteiger partial charge in [0.2, 0.25) is 0 Å². The molecule has 1 amide bonds. The minimum atomic E-state index is -1.22. The van der Waals surface area contributed by atoms with E-state index < -0.39 is 17.6 Å². The Morgan fingerprint density at radius 2 is 2.10 bits per heavy atom. The van der Waals surface area contributed by atoms with Crippen molar-refractivity contribution in [3.8, 4) is 0 Å². The van der Waals surface area contributed by atoms with Crippen molar-refractivity contribution >= 4 is 12.1 Å². The van der Waals surface area contributed by atoms with Crippen molar-refractivity contribution in [3.63, 3.8) is 0 Å². The summed E-state index contributed by atoms with van der Waals surface area (Å²) in [6.07, 6.45) is 4.27. The molecule has 1 aliphatic rings. The Morgan fingerprint density at radius 1 is 1.40 bits per heavy atom. The average Bonchev–Trinajstić information content (AvgIpc) is 2.79. The number of amides is 1. The zero-order valence-electron chi connectivity index (χ0n) is 12.0. The van der Waals surface area contributed by atoms with Gasteiger partial charge in [-0.1, -0.05) is 19.1 Å². The number of carboxylic acid groups (broad SMARTS) is 1. The van der Waals surface area contributed by atoms with Gasteiger partial charge in [-0.25, -0.2) is 9.59 Å². The van der Waals surface area contributed by atoms with Crippen LogP contribution in [0.5, 0.6) is 0 Å². The molecule has 2 N–H and O–H groups in total. The minimum absolute atomic E-state index is 0.0689. The van der Waals surface area contributed by atoms with E-state index in [9.17, 15) is 14.7 Å². The van der Waals surface area contributed by atoms with Gasteiger partial charge in [-0.05, 0) is 32.1 Å². The maximum absolute atomic E-state index is 12.0. The molecule has 20 heavy (non-hydrogen) atoms. The SMILES string of the molecule is CCOC(=O)N1CCC(CC=CCO)C1(CC)C(=O)O. The molecule has 114 valence electrons. The number of carboxylic acids is 1. The molecule has 6 heteroatoms. The fourth-order valence-electron chi connectivity index (χ4n) is 2.97. The first-order valence-corrected chi connectivity index (χ1v) is 6.98. The first kappa shape index (κ1) is 16.5. The summed E-state index contributed by atoms with van der Waals surface area (Å²) in [6.45, 7) is 4.01. The lowest BCUT2D eigenvalue weighted by atomic mass is 9.80. The zero-order valence-corrected chi connectivity index (χ0v) is 12.0. The van der Waals surface area contributed by atoms with Gasteiger partial charge in [-0.2, -0.15) is 0 Å². The van der Waals surface area contributed by atoms with Crippen LogP contribution in [0.1, 0.15) is 33.1 Å². The fourth-order valence-corrected chi connectivity index (χ4v) is 2.97. The van der Waals surface area contributed by atoms with Crippen molar-refractivity contribution in [2.24, 2.45) is 5.92 Å². The van der Waals surface area contributed by atoms with Crippen LogP contribution >= 0.6 is 0 Å². The lowest BCUT2D eigenvalue weighted by Crippen LogP contribution is -2.56. The third kappa shape index (κ3) is 2.95. The van der Waals surface area contributed by atoms with Crippen LogP contribution < -0.4 is 0 Å². The third-order valence-corrected chi connectivity index (χ3v) is 3.95. The molecular formula is C14H23NO5. The van der Waals surface area contributed by atoms with Gasteiger partial charge >= 0.3 is 12.1 Å². The Morgan fingerprint density at radius 3 is 2.60 bits per heavy atom. The summed E-state index contributed by atoms with van der Waals surface area (Å²) in [4.78, 5) is 25.1. The molecule has 0 aromatic carbocycles. The lowest BCUT2D eigenvalue weighted by Gasteiger charge is -2.37. The van der Waals surface area contributed by atoms with E-state index in [1.165, 1.54) is 4.90 Å². The Bertz CT molecular complexity index is 382. The first-order chi connectivity index (χ1) is 9.54. The topological polar surface area (TPSA) is 87.1 Å². The van der Waals surface area contributed by atoms with Gasteiger partial charge < -0.3 is 14.9 Å². The number of aliphatic hydroxyl groups is 1. The van der Waals surface area contributed by atoms with E-state index in [1.807, 2.05) is 0 Å². The summed E-state index contributed by atoms with van der Waals surface area (Å²) in [5.74, 6) is -1.16. The number of carbonyl (C=O) groups is 2. The van der Waals surface area contributed by atoms with E-state index in [-0.39, 0.29) is 19.1 Å². The second kappa shape index (κ2) is 7.28. The number of rotatable bonds is 6. The molecule has 1 aliphatic heterocycles. The summed E-state index contributed by atoms with van der Waals surface area (Å²) >= 11 is 0. The highest BCUT2D eigenvalue weighted by Crippen LogP contribution is 2.40. The van der Waals surface area contributed by atoms with Gasteiger partial charge in [0, 0.05) is 6.54 Å². The van der Waals surface area contributed by atoms with E-state index in [1.54, 1.807) is 26.0 Å². The Kier molecular flexibility index (Phi) is 6.01. The van der Waals surface area contributed by atoms with Crippen LogP contribution in [0.25, 0.3) is 0 Å². The third-order valence-electron chi connectivity index (χ3n) is 3.95. The number of allylic oxidation sites excluding steroid dienone is 1. The highest BCUT2D eigenvalue weighted by molar-refractivity contribution is 5.85. The van der Waals surface area contributed by atoms with E-state index >= 15 is 0 Å². The smallest absolute Gasteiger partial charge is 0.410 e. The van der Waals surface area contributed by atoms with Crippen LogP contribution in [-0.2, 0) is 9.53 Å². The van der Waals surface area contributed by atoms with Crippen LogP contribution in [0.2, 0.25) is 0 Å².